The smallest absolute Gasteiger partial charge is 0.324 e. The van der Waals surface area contributed by atoms with Gasteiger partial charge >= 0.3 is 5.69 Å². The number of imidazole rings is 1. The zero-order chi connectivity index (χ0) is 18.7. The Morgan fingerprint density at radius 1 is 1.12 bits per heavy atom. The molecule has 0 aliphatic rings. The lowest BCUT2D eigenvalue weighted by Crippen LogP contribution is -2.29. The van der Waals surface area contributed by atoms with E-state index in [-0.39, 0.29) is 17.9 Å². The first kappa shape index (κ1) is 17.4. The molecule has 1 amide bonds. The van der Waals surface area contributed by atoms with E-state index in [1.807, 2.05) is 25.1 Å². The Morgan fingerprint density at radius 3 is 2.46 bits per heavy atom. The number of nitrogens with one attached hydrogen (secondary N) is 1. The van der Waals surface area contributed by atoms with Crippen LogP contribution in [0.1, 0.15) is 13.3 Å². The predicted octanol–water partition coefficient (Wildman–Crippen LogP) is 2.76. The number of benzene rings is 2. The molecule has 26 heavy (non-hydrogen) atoms. The molecule has 1 heterocycles. The van der Waals surface area contributed by atoms with Crippen LogP contribution in [0, 0.1) is 10.1 Å². The number of hydrogen-bond acceptors (Lipinski definition) is 4. The van der Waals surface area contributed by atoms with E-state index in [9.17, 15) is 19.7 Å². The highest BCUT2D eigenvalue weighted by atomic mass is 16.6. The van der Waals surface area contributed by atoms with Crippen molar-refractivity contribution in [3.05, 3.63) is 69.1 Å². The second-order valence-electron chi connectivity index (χ2n) is 5.86. The fraction of sp³-hybridized carbons (Fsp3) is 0.222. The van der Waals surface area contributed by atoms with Crippen LogP contribution in [0.25, 0.3) is 11.0 Å². The SMILES string of the molecule is CCCn1c(=O)n(CC(=O)Nc2cccc([N+](=O)[O-])c2)c2ccccc21. The number of amides is 1. The Balaban J connectivity index is 1.88. The molecule has 0 atom stereocenters. The van der Waals surface area contributed by atoms with Gasteiger partial charge < -0.3 is 5.32 Å². The highest BCUT2D eigenvalue weighted by molar-refractivity contribution is 5.92. The summed E-state index contributed by atoms with van der Waals surface area (Å²) in [6.45, 7) is 2.38. The molecule has 134 valence electrons. The Morgan fingerprint density at radius 2 is 1.81 bits per heavy atom. The summed E-state index contributed by atoms with van der Waals surface area (Å²) in [6.07, 6.45) is 0.799. The minimum atomic E-state index is -0.529. The average molecular weight is 354 g/mol. The second kappa shape index (κ2) is 7.22. The maximum absolute atomic E-state index is 12.7. The number of non-ortho nitro benzene ring substituents is 1. The number of para-hydroxylation sites is 2. The van der Waals surface area contributed by atoms with E-state index >= 15 is 0 Å². The van der Waals surface area contributed by atoms with E-state index < -0.39 is 10.8 Å². The lowest BCUT2D eigenvalue weighted by molar-refractivity contribution is -0.384. The maximum Gasteiger partial charge on any atom is 0.329 e. The van der Waals surface area contributed by atoms with Crippen LogP contribution >= 0.6 is 0 Å². The summed E-state index contributed by atoms with van der Waals surface area (Å²) in [4.78, 5) is 35.3. The van der Waals surface area contributed by atoms with Crippen molar-refractivity contribution in [2.75, 3.05) is 5.32 Å². The summed E-state index contributed by atoms with van der Waals surface area (Å²) in [6, 6.07) is 13.0. The zero-order valence-corrected chi connectivity index (χ0v) is 14.2. The zero-order valence-electron chi connectivity index (χ0n) is 14.2. The number of aromatic nitrogens is 2. The minimum Gasteiger partial charge on any atom is -0.324 e. The quantitative estimate of drug-likeness (QED) is 0.543. The van der Waals surface area contributed by atoms with E-state index in [2.05, 4.69) is 5.32 Å². The average Bonchev–Trinajstić information content (AvgIpc) is 2.88. The molecular weight excluding hydrogens is 336 g/mol. The van der Waals surface area contributed by atoms with Gasteiger partial charge in [-0.1, -0.05) is 25.1 Å². The van der Waals surface area contributed by atoms with Gasteiger partial charge in [-0.05, 0) is 24.6 Å². The highest BCUT2D eigenvalue weighted by Gasteiger charge is 2.15. The van der Waals surface area contributed by atoms with E-state index in [4.69, 9.17) is 0 Å². The summed E-state index contributed by atoms with van der Waals surface area (Å²) in [5, 5.41) is 13.4. The molecule has 0 radical (unpaired) electrons. The second-order valence-corrected chi connectivity index (χ2v) is 5.86. The van der Waals surface area contributed by atoms with Crippen molar-refractivity contribution in [3.63, 3.8) is 0 Å². The van der Waals surface area contributed by atoms with Gasteiger partial charge in [0.15, 0.2) is 0 Å². The van der Waals surface area contributed by atoms with Crippen molar-refractivity contribution in [3.8, 4) is 0 Å². The number of nitrogens with zero attached hydrogens (tertiary/aromatic N) is 3. The molecule has 0 bridgehead atoms. The van der Waals surface area contributed by atoms with Crippen LogP contribution in [0.2, 0.25) is 0 Å². The Hall–Kier alpha value is -3.42. The van der Waals surface area contributed by atoms with Gasteiger partial charge in [0.1, 0.15) is 6.54 Å². The predicted molar refractivity (Wildman–Crippen MR) is 98.2 cm³/mol. The fourth-order valence-corrected chi connectivity index (χ4v) is 2.91. The summed E-state index contributed by atoms with van der Waals surface area (Å²) >= 11 is 0. The van der Waals surface area contributed by atoms with Crippen LogP contribution in [-0.4, -0.2) is 20.0 Å². The van der Waals surface area contributed by atoms with Crippen LogP contribution in [0.15, 0.2) is 53.3 Å². The Bertz CT molecular complexity index is 1040. The molecule has 1 N–H and O–H groups in total. The fourth-order valence-electron chi connectivity index (χ4n) is 2.91. The number of rotatable bonds is 6. The van der Waals surface area contributed by atoms with Gasteiger partial charge in [-0.15, -0.1) is 0 Å². The van der Waals surface area contributed by atoms with E-state index in [0.29, 0.717) is 17.7 Å². The molecule has 8 nitrogen and oxygen atoms in total. The first-order chi connectivity index (χ1) is 12.5. The molecular formula is C18H18N4O4. The van der Waals surface area contributed by atoms with Crippen LogP contribution in [0.4, 0.5) is 11.4 Å². The Labute approximate surface area is 148 Å². The maximum atomic E-state index is 12.7. The van der Waals surface area contributed by atoms with E-state index in [1.165, 1.54) is 22.8 Å². The minimum absolute atomic E-state index is 0.112. The number of hydrogen-bond donors (Lipinski definition) is 1. The van der Waals surface area contributed by atoms with Crippen LogP contribution in [0.5, 0.6) is 0 Å². The van der Waals surface area contributed by atoms with E-state index in [0.717, 1.165) is 11.9 Å². The van der Waals surface area contributed by atoms with Crippen LogP contribution in [0.3, 0.4) is 0 Å². The Kier molecular flexibility index (Phi) is 4.83. The first-order valence-electron chi connectivity index (χ1n) is 8.23. The van der Waals surface area contributed by atoms with Gasteiger partial charge in [-0.3, -0.25) is 24.0 Å². The lowest BCUT2D eigenvalue weighted by Gasteiger charge is -2.06. The van der Waals surface area contributed by atoms with Gasteiger partial charge in [0.2, 0.25) is 5.91 Å². The molecule has 3 aromatic rings. The molecule has 8 heteroatoms. The standard InChI is InChI=1S/C18H18N4O4/c1-2-10-20-15-8-3-4-9-16(15)21(18(20)24)12-17(23)19-13-6-5-7-14(11-13)22(25)26/h3-9,11H,2,10,12H2,1H3,(H,19,23). The highest BCUT2D eigenvalue weighted by Crippen LogP contribution is 2.17. The third-order valence-corrected chi connectivity index (χ3v) is 4.01. The van der Waals surface area contributed by atoms with Crippen molar-refractivity contribution in [2.24, 2.45) is 0 Å². The monoisotopic (exact) mass is 354 g/mol. The van der Waals surface area contributed by atoms with Crippen molar-refractivity contribution in [1.29, 1.82) is 0 Å². The number of aryl methyl sites for hydroxylation is 1. The summed E-state index contributed by atoms with van der Waals surface area (Å²) in [5.41, 5.74) is 1.42. The summed E-state index contributed by atoms with van der Waals surface area (Å²) in [7, 11) is 0. The number of nitro groups is 1. The molecule has 1 aromatic heterocycles. The molecule has 3 rings (SSSR count). The largest absolute Gasteiger partial charge is 0.329 e. The van der Waals surface area contributed by atoms with Gasteiger partial charge in [-0.2, -0.15) is 0 Å². The van der Waals surface area contributed by atoms with Crippen LogP contribution < -0.4 is 11.0 Å². The molecule has 2 aromatic carbocycles. The van der Waals surface area contributed by atoms with Crippen molar-refractivity contribution < 1.29 is 9.72 Å². The number of carbonyl (C=O) groups excluding carboxylic acids is 1. The number of fused-ring (bicyclic) bond motifs is 1. The van der Waals surface area contributed by atoms with Crippen molar-refractivity contribution in [2.45, 2.75) is 26.4 Å². The number of nitro benzene ring substituents is 1. The normalized spacial score (nSPS) is 10.8. The van der Waals surface area contributed by atoms with Crippen molar-refractivity contribution in [1.82, 2.24) is 9.13 Å². The van der Waals surface area contributed by atoms with Gasteiger partial charge in [0.25, 0.3) is 5.69 Å². The molecule has 0 spiro atoms. The molecule has 0 saturated carbocycles. The van der Waals surface area contributed by atoms with Gasteiger partial charge in [0.05, 0.1) is 16.0 Å². The lowest BCUT2D eigenvalue weighted by atomic mass is 10.3. The third kappa shape index (κ3) is 3.34. The third-order valence-electron chi connectivity index (χ3n) is 4.01. The summed E-state index contributed by atoms with van der Waals surface area (Å²) in [5.74, 6) is -0.424. The molecule has 0 saturated heterocycles. The molecule has 0 unspecified atom stereocenters. The first-order valence-corrected chi connectivity index (χ1v) is 8.23. The topological polar surface area (TPSA) is 99.2 Å². The number of anilines is 1. The molecule has 0 fully saturated rings. The number of carbonyl (C=O) groups is 1. The van der Waals surface area contributed by atoms with Crippen molar-refractivity contribution >= 4 is 28.3 Å². The van der Waals surface area contributed by atoms with Gasteiger partial charge in [-0.25, -0.2) is 4.79 Å². The molecule has 0 aliphatic heterocycles. The van der Waals surface area contributed by atoms with E-state index in [1.54, 1.807) is 16.7 Å². The van der Waals surface area contributed by atoms with Gasteiger partial charge in [0, 0.05) is 24.4 Å². The summed E-state index contributed by atoms with van der Waals surface area (Å²) < 4.78 is 3.06. The molecule has 0 aliphatic carbocycles. The van der Waals surface area contributed by atoms with Crippen LogP contribution in [-0.2, 0) is 17.9 Å².